The van der Waals surface area contributed by atoms with Crippen molar-refractivity contribution in [2.75, 3.05) is 19.7 Å². The first-order valence-electron chi connectivity index (χ1n) is 8.36. The molecule has 21 heavy (non-hydrogen) atoms. The van der Waals surface area contributed by atoms with Crippen molar-refractivity contribution in [3.63, 3.8) is 0 Å². The smallest absolute Gasteiger partial charge is 0.0555 e. The fraction of sp³-hybridized carbons (Fsp3) is 0.579. The summed E-state index contributed by atoms with van der Waals surface area (Å²) in [4.78, 5) is 0. The van der Waals surface area contributed by atoms with Crippen LogP contribution in [0.25, 0.3) is 0 Å². The molecule has 118 valence electrons. The van der Waals surface area contributed by atoms with Gasteiger partial charge in [0.15, 0.2) is 0 Å². The maximum atomic E-state index is 8.82. The largest absolute Gasteiger partial charge is 0.395 e. The molecule has 1 atom stereocenters. The van der Waals surface area contributed by atoms with Crippen LogP contribution in [0.3, 0.4) is 0 Å². The summed E-state index contributed by atoms with van der Waals surface area (Å²) in [6.45, 7) is 5.67. The van der Waals surface area contributed by atoms with E-state index in [1.54, 1.807) is 0 Å². The van der Waals surface area contributed by atoms with Gasteiger partial charge < -0.3 is 10.4 Å². The summed E-state index contributed by atoms with van der Waals surface area (Å²) in [6, 6.07) is 10.8. The van der Waals surface area contributed by atoms with E-state index in [9.17, 15) is 0 Å². The van der Waals surface area contributed by atoms with Crippen LogP contribution in [0.2, 0.25) is 0 Å². The Balaban J connectivity index is 2.32. The molecule has 0 aliphatic carbocycles. The quantitative estimate of drug-likeness (QED) is 0.420. The topological polar surface area (TPSA) is 32.3 Å². The van der Waals surface area contributed by atoms with Gasteiger partial charge in [-0.3, -0.25) is 0 Å². The first-order valence-corrected chi connectivity index (χ1v) is 8.36. The summed E-state index contributed by atoms with van der Waals surface area (Å²) in [6.07, 6.45) is 10.8. The maximum Gasteiger partial charge on any atom is 0.0555 e. The van der Waals surface area contributed by atoms with Gasteiger partial charge in [-0.15, -0.1) is 6.58 Å². The zero-order chi connectivity index (χ0) is 15.2. The van der Waals surface area contributed by atoms with Gasteiger partial charge in [0.1, 0.15) is 0 Å². The molecule has 0 saturated heterocycles. The molecule has 2 N–H and O–H groups in total. The van der Waals surface area contributed by atoms with Gasteiger partial charge in [0.2, 0.25) is 0 Å². The van der Waals surface area contributed by atoms with Crippen LogP contribution in [0.4, 0.5) is 0 Å². The molecule has 0 heterocycles. The molecular weight excluding hydrogens is 258 g/mol. The lowest BCUT2D eigenvalue weighted by Crippen LogP contribution is -2.21. The Morgan fingerprint density at radius 2 is 1.76 bits per heavy atom. The first-order chi connectivity index (χ1) is 10.4. The Kier molecular flexibility index (Phi) is 10.8. The molecule has 1 unspecified atom stereocenters. The van der Waals surface area contributed by atoms with Gasteiger partial charge in [-0.05, 0) is 43.7 Å². The van der Waals surface area contributed by atoms with Crippen molar-refractivity contribution in [3.05, 3.63) is 48.6 Å². The molecule has 0 amide bonds. The zero-order valence-electron chi connectivity index (χ0n) is 13.3. The van der Waals surface area contributed by atoms with E-state index in [0.29, 0.717) is 12.5 Å². The van der Waals surface area contributed by atoms with E-state index in [1.165, 1.54) is 37.7 Å². The van der Waals surface area contributed by atoms with E-state index in [2.05, 4.69) is 42.2 Å². The van der Waals surface area contributed by atoms with Gasteiger partial charge in [0.05, 0.1) is 6.61 Å². The molecule has 0 spiro atoms. The normalized spacial score (nSPS) is 12.2. The Labute approximate surface area is 130 Å². The molecule has 0 radical (unpaired) electrons. The van der Waals surface area contributed by atoms with Crippen molar-refractivity contribution < 1.29 is 5.11 Å². The van der Waals surface area contributed by atoms with Gasteiger partial charge in [-0.25, -0.2) is 0 Å². The van der Waals surface area contributed by atoms with E-state index in [1.807, 2.05) is 6.08 Å². The number of allylic oxidation sites excluding steroid dienone is 1. The highest BCUT2D eigenvalue weighted by atomic mass is 16.3. The van der Waals surface area contributed by atoms with E-state index >= 15 is 0 Å². The molecule has 0 aromatic heterocycles. The summed E-state index contributed by atoms with van der Waals surface area (Å²) in [5, 5.41) is 12.1. The van der Waals surface area contributed by atoms with Gasteiger partial charge in [-0.1, -0.05) is 55.7 Å². The zero-order valence-corrected chi connectivity index (χ0v) is 13.3. The number of hydrogen-bond donors (Lipinski definition) is 2. The lowest BCUT2D eigenvalue weighted by atomic mass is 9.90. The fourth-order valence-electron chi connectivity index (χ4n) is 2.72. The third-order valence-corrected chi connectivity index (χ3v) is 3.94. The van der Waals surface area contributed by atoms with Crippen molar-refractivity contribution in [2.24, 2.45) is 0 Å². The van der Waals surface area contributed by atoms with Crippen LogP contribution >= 0.6 is 0 Å². The standard InChI is InChI=1S/C19H31NO/c1-2-3-4-5-6-8-13-19(14-15-20-16-17-21)18-11-9-7-10-12-18/h2,7,9-12,19-21H,1,3-6,8,13-17H2. The molecule has 2 heteroatoms. The molecule has 1 aromatic carbocycles. The molecule has 1 rings (SSSR count). The summed E-state index contributed by atoms with van der Waals surface area (Å²) in [5.74, 6) is 0.636. The molecule has 0 bridgehead atoms. The molecule has 0 saturated carbocycles. The van der Waals surface area contributed by atoms with E-state index in [-0.39, 0.29) is 6.61 Å². The van der Waals surface area contributed by atoms with Gasteiger partial charge in [0, 0.05) is 6.54 Å². The number of hydrogen-bond acceptors (Lipinski definition) is 2. The van der Waals surface area contributed by atoms with Gasteiger partial charge in [0.25, 0.3) is 0 Å². The SMILES string of the molecule is C=CCCCCCCC(CCNCCO)c1ccccc1. The molecule has 1 aromatic rings. The van der Waals surface area contributed by atoms with E-state index < -0.39 is 0 Å². The van der Waals surface area contributed by atoms with Crippen molar-refractivity contribution >= 4 is 0 Å². The Morgan fingerprint density at radius 3 is 2.48 bits per heavy atom. The average molecular weight is 289 g/mol. The van der Waals surface area contributed by atoms with Crippen LogP contribution in [0, 0.1) is 0 Å². The Morgan fingerprint density at radius 1 is 1.00 bits per heavy atom. The van der Waals surface area contributed by atoms with Crippen LogP contribution in [0.15, 0.2) is 43.0 Å². The van der Waals surface area contributed by atoms with Crippen molar-refractivity contribution in [1.82, 2.24) is 5.32 Å². The first kappa shape index (κ1) is 17.9. The van der Waals surface area contributed by atoms with Crippen molar-refractivity contribution in [3.8, 4) is 0 Å². The van der Waals surface area contributed by atoms with Crippen LogP contribution in [0.1, 0.15) is 56.4 Å². The average Bonchev–Trinajstić information content (AvgIpc) is 2.53. The summed E-state index contributed by atoms with van der Waals surface area (Å²) >= 11 is 0. The molecule has 0 aliphatic heterocycles. The molecule has 0 fully saturated rings. The summed E-state index contributed by atoms with van der Waals surface area (Å²) < 4.78 is 0. The number of nitrogens with one attached hydrogen (secondary N) is 1. The van der Waals surface area contributed by atoms with E-state index in [4.69, 9.17) is 5.11 Å². The van der Waals surface area contributed by atoms with Crippen LogP contribution in [0.5, 0.6) is 0 Å². The number of unbranched alkanes of at least 4 members (excludes halogenated alkanes) is 4. The second kappa shape index (κ2) is 12.6. The number of aliphatic hydroxyl groups excluding tert-OH is 1. The van der Waals surface area contributed by atoms with Gasteiger partial charge in [-0.2, -0.15) is 0 Å². The predicted octanol–water partition coefficient (Wildman–Crippen LogP) is 4.27. The van der Waals surface area contributed by atoms with Crippen molar-refractivity contribution in [1.29, 1.82) is 0 Å². The fourth-order valence-corrected chi connectivity index (χ4v) is 2.72. The summed E-state index contributed by atoms with van der Waals surface area (Å²) in [5.41, 5.74) is 1.45. The summed E-state index contributed by atoms with van der Waals surface area (Å²) in [7, 11) is 0. The lowest BCUT2D eigenvalue weighted by molar-refractivity contribution is 0.291. The minimum absolute atomic E-state index is 0.222. The second-order valence-corrected chi connectivity index (χ2v) is 5.65. The number of rotatable bonds is 13. The molecule has 0 aliphatic rings. The Hall–Kier alpha value is -1.12. The molecular formula is C19H31NO. The minimum Gasteiger partial charge on any atom is -0.395 e. The Bertz CT molecular complexity index is 350. The highest BCUT2D eigenvalue weighted by Crippen LogP contribution is 2.25. The van der Waals surface area contributed by atoms with E-state index in [0.717, 1.165) is 19.4 Å². The number of benzene rings is 1. The van der Waals surface area contributed by atoms with Gasteiger partial charge >= 0.3 is 0 Å². The maximum absolute atomic E-state index is 8.82. The third kappa shape index (κ3) is 8.69. The van der Waals surface area contributed by atoms with Crippen LogP contribution in [-0.2, 0) is 0 Å². The van der Waals surface area contributed by atoms with Crippen LogP contribution < -0.4 is 5.32 Å². The monoisotopic (exact) mass is 289 g/mol. The molecule has 2 nitrogen and oxygen atoms in total. The minimum atomic E-state index is 0.222. The predicted molar refractivity (Wildman–Crippen MR) is 91.7 cm³/mol. The second-order valence-electron chi connectivity index (χ2n) is 5.65. The third-order valence-electron chi connectivity index (χ3n) is 3.94. The highest BCUT2D eigenvalue weighted by molar-refractivity contribution is 5.19. The van der Waals surface area contributed by atoms with Crippen molar-refractivity contribution in [2.45, 2.75) is 50.9 Å². The van der Waals surface area contributed by atoms with Crippen LogP contribution in [-0.4, -0.2) is 24.8 Å². The lowest BCUT2D eigenvalue weighted by Gasteiger charge is -2.17. The number of aliphatic hydroxyl groups is 1. The highest BCUT2D eigenvalue weighted by Gasteiger charge is 2.10.